The van der Waals surface area contributed by atoms with E-state index in [0.717, 1.165) is 0 Å². The maximum absolute atomic E-state index is 4.81. The Balaban J connectivity index is 0.000000204. The van der Waals surface area contributed by atoms with Crippen molar-refractivity contribution in [1.29, 1.82) is 0 Å². The van der Waals surface area contributed by atoms with Crippen LogP contribution >= 0.6 is 34.4 Å². The Hall–Kier alpha value is -1.68. The fraction of sp³-hybridized carbons (Fsp3) is 0. The van der Waals surface area contributed by atoms with Gasteiger partial charge in [0, 0.05) is 18.6 Å². The molecule has 0 radical (unpaired) electrons. The number of rotatable bonds is 2. The van der Waals surface area contributed by atoms with Gasteiger partial charge in [0.05, 0.1) is 6.33 Å². The lowest BCUT2D eigenvalue weighted by Gasteiger charge is -1.98. The molecule has 0 saturated carbocycles. The predicted molar refractivity (Wildman–Crippen MR) is 104 cm³/mol. The van der Waals surface area contributed by atoms with Gasteiger partial charge >= 0.3 is 4.96 Å². The van der Waals surface area contributed by atoms with Crippen molar-refractivity contribution in [1.82, 2.24) is 9.55 Å². The molecule has 118 valence electrons. The fourth-order valence-corrected chi connectivity index (χ4v) is 1.64. The predicted octanol–water partition coefficient (Wildman–Crippen LogP) is 6.02. The van der Waals surface area contributed by atoms with Crippen LogP contribution < -0.4 is 0 Å². The van der Waals surface area contributed by atoms with Crippen LogP contribution in [0.3, 0.4) is 0 Å². The van der Waals surface area contributed by atoms with E-state index in [0.29, 0.717) is 0 Å². The highest BCUT2D eigenvalue weighted by Gasteiger charge is 1.92. The van der Waals surface area contributed by atoms with E-state index in [4.69, 9.17) is 34.4 Å². The van der Waals surface area contributed by atoms with Gasteiger partial charge in [-0.2, -0.15) is 34.4 Å². The molecule has 6 heteroatoms. The first kappa shape index (κ1) is 19.4. The Labute approximate surface area is 152 Å². The van der Waals surface area contributed by atoms with Crippen LogP contribution in [0.25, 0.3) is 17.3 Å². The Morgan fingerprint density at radius 2 is 1.30 bits per heavy atom. The van der Waals surface area contributed by atoms with Crippen LogP contribution in [-0.2, 0) is 0 Å². The van der Waals surface area contributed by atoms with Crippen LogP contribution in [0.2, 0.25) is 0 Å². The monoisotopic (exact) mass is 364 g/mol. The molecular formula is C17H16BCl3N2. The maximum Gasteiger partial charge on any atom is 0.450 e. The van der Waals surface area contributed by atoms with Crippen molar-refractivity contribution < 1.29 is 0 Å². The Kier molecular flexibility index (Phi) is 9.97. The number of nitrogens with zero attached hydrogens (tertiary/aromatic N) is 2. The molecule has 23 heavy (non-hydrogen) atoms. The lowest BCUT2D eigenvalue weighted by atomic mass is 10.1. The molecule has 0 fully saturated rings. The van der Waals surface area contributed by atoms with Gasteiger partial charge in [-0.15, -0.1) is 0 Å². The van der Waals surface area contributed by atoms with Gasteiger partial charge in [-0.25, -0.2) is 4.98 Å². The average molecular weight is 366 g/mol. The second kappa shape index (κ2) is 11.8. The van der Waals surface area contributed by atoms with Gasteiger partial charge in [0.2, 0.25) is 0 Å². The molecule has 1 aromatic heterocycles. The van der Waals surface area contributed by atoms with E-state index < -0.39 is 4.96 Å². The minimum absolute atomic E-state index is 0.750. The summed E-state index contributed by atoms with van der Waals surface area (Å²) in [5.74, 6) is 0. The van der Waals surface area contributed by atoms with E-state index in [-0.39, 0.29) is 0 Å². The largest absolute Gasteiger partial charge is 0.450 e. The summed E-state index contributed by atoms with van der Waals surface area (Å²) in [6.45, 7) is 3.53. The summed E-state index contributed by atoms with van der Waals surface area (Å²) in [5.41, 5.74) is 2.55. The van der Waals surface area contributed by atoms with Gasteiger partial charge in [0.1, 0.15) is 0 Å². The number of hydrogen-bond donors (Lipinski definition) is 0. The topological polar surface area (TPSA) is 17.8 Å². The van der Waals surface area contributed by atoms with Crippen molar-refractivity contribution in [3.63, 3.8) is 0 Å². The van der Waals surface area contributed by atoms with Crippen LogP contribution in [0.5, 0.6) is 0 Å². The summed E-state index contributed by atoms with van der Waals surface area (Å²) < 4.78 is 1.78. The second-order valence-corrected chi connectivity index (χ2v) is 6.15. The minimum atomic E-state index is -0.750. The molecular weight excluding hydrogens is 349 g/mol. The van der Waals surface area contributed by atoms with Gasteiger partial charge in [-0.05, 0) is 11.1 Å². The Bertz CT molecular complexity index is 604. The van der Waals surface area contributed by atoms with Gasteiger partial charge < -0.3 is 4.57 Å². The van der Waals surface area contributed by atoms with Gasteiger partial charge in [0.15, 0.2) is 0 Å². The Morgan fingerprint density at radius 3 is 1.57 bits per heavy atom. The standard InChI is InChI=1S/C12H10.C5H6N2.BCl3/c1-3-7-11(8-4-1)12-9-5-2-6-10-12;1-2-7-4-3-6-5-7;2-1(3)4/h1-10H;2-5H,1H2;. The molecule has 0 atom stereocenters. The molecule has 0 amide bonds. The van der Waals surface area contributed by atoms with Crippen molar-refractivity contribution in [2.24, 2.45) is 0 Å². The second-order valence-electron chi connectivity index (χ2n) is 4.17. The van der Waals surface area contributed by atoms with Crippen LogP contribution in [0.4, 0.5) is 0 Å². The summed E-state index contributed by atoms with van der Waals surface area (Å²) >= 11 is 14.4. The quantitative estimate of drug-likeness (QED) is 0.507. The third-order valence-corrected chi connectivity index (χ3v) is 2.62. The molecule has 2 aromatic carbocycles. The zero-order valence-electron chi connectivity index (χ0n) is 12.4. The number of imidazole rings is 1. The van der Waals surface area contributed by atoms with Crippen molar-refractivity contribution in [3.05, 3.63) is 86.0 Å². The van der Waals surface area contributed by atoms with Gasteiger partial charge in [-0.3, -0.25) is 0 Å². The number of hydrogen-bond acceptors (Lipinski definition) is 1. The molecule has 0 aliphatic rings. The fourth-order valence-electron chi connectivity index (χ4n) is 1.64. The third-order valence-electron chi connectivity index (χ3n) is 2.62. The average Bonchev–Trinajstić information content (AvgIpc) is 3.10. The number of aromatic nitrogens is 2. The highest BCUT2D eigenvalue weighted by Crippen LogP contribution is 2.17. The molecule has 0 bridgehead atoms. The molecule has 0 N–H and O–H groups in total. The summed E-state index contributed by atoms with van der Waals surface area (Å²) in [5, 5.41) is 0. The molecule has 3 rings (SSSR count). The minimum Gasteiger partial charge on any atom is -0.314 e. The van der Waals surface area contributed by atoms with Crippen molar-refractivity contribution in [2.45, 2.75) is 0 Å². The maximum atomic E-state index is 4.81. The van der Waals surface area contributed by atoms with E-state index in [1.165, 1.54) is 11.1 Å². The van der Waals surface area contributed by atoms with Crippen molar-refractivity contribution >= 4 is 45.5 Å². The zero-order valence-corrected chi connectivity index (χ0v) is 14.7. The molecule has 0 saturated heterocycles. The van der Waals surface area contributed by atoms with E-state index >= 15 is 0 Å². The summed E-state index contributed by atoms with van der Waals surface area (Å²) in [4.78, 5) is 3.03. The summed E-state index contributed by atoms with van der Waals surface area (Å²) in [6, 6.07) is 20.8. The first-order valence-corrected chi connectivity index (χ1v) is 8.07. The summed E-state index contributed by atoms with van der Waals surface area (Å²) in [6.07, 6.45) is 6.91. The van der Waals surface area contributed by atoms with Gasteiger partial charge in [0.25, 0.3) is 0 Å². The van der Waals surface area contributed by atoms with Crippen LogP contribution in [-0.4, -0.2) is 14.5 Å². The lowest BCUT2D eigenvalue weighted by molar-refractivity contribution is 1.14. The summed E-state index contributed by atoms with van der Waals surface area (Å²) in [7, 11) is 0. The molecule has 0 aliphatic carbocycles. The first-order valence-electron chi connectivity index (χ1n) is 6.76. The zero-order chi connectivity index (χ0) is 16.9. The van der Waals surface area contributed by atoms with Crippen LogP contribution in [0.1, 0.15) is 0 Å². The Morgan fingerprint density at radius 1 is 0.870 bits per heavy atom. The molecule has 1 heterocycles. The van der Waals surface area contributed by atoms with E-state index in [1.54, 1.807) is 23.3 Å². The van der Waals surface area contributed by atoms with Crippen molar-refractivity contribution in [2.75, 3.05) is 0 Å². The molecule has 3 aromatic rings. The highest BCUT2D eigenvalue weighted by molar-refractivity contribution is 7.54. The number of halogens is 3. The third kappa shape index (κ3) is 9.14. The first-order chi connectivity index (χ1) is 11.1. The molecule has 2 nitrogen and oxygen atoms in total. The molecule has 0 spiro atoms. The van der Waals surface area contributed by atoms with Crippen LogP contribution in [0, 0.1) is 0 Å². The highest BCUT2D eigenvalue weighted by atomic mass is 35.6. The SMILES string of the molecule is C=Cn1ccnc1.ClB(Cl)Cl.c1ccc(-c2ccccc2)cc1. The molecule has 0 unspecified atom stereocenters. The van der Waals surface area contributed by atoms with Crippen molar-refractivity contribution in [3.8, 4) is 11.1 Å². The lowest BCUT2D eigenvalue weighted by Crippen LogP contribution is -1.73. The number of benzene rings is 2. The van der Waals surface area contributed by atoms with E-state index in [9.17, 15) is 0 Å². The van der Waals surface area contributed by atoms with E-state index in [2.05, 4.69) is 60.1 Å². The van der Waals surface area contributed by atoms with Crippen LogP contribution in [0.15, 0.2) is 86.0 Å². The normalized spacial score (nSPS) is 8.83. The smallest absolute Gasteiger partial charge is 0.314 e. The molecule has 0 aliphatic heterocycles. The van der Waals surface area contributed by atoms with Gasteiger partial charge in [-0.1, -0.05) is 67.2 Å². The van der Waals surface area contributed by atoms with E-state index in [1.807, 2.05) is 18.3 Å².